The number of ether oxygens (including phenoxy) is 1. The molecule has 0 aliphatic heterocycles. The van der Waals surface area contributed by atoms with E-state index in [1.807, 2.05) is 48.5 Å². The molecule has 0 fully saturated rings. The Labute approximate surface area is 134 Å². The van der Waals surface area contributed by atoms with Crippen LogP contribution in [0.15, 0.2) is 12.7 Å². The number of amides is 1. The first-order chi connectivity index (χ1) is 9.77. The molecule has 0 spiro atoms. The van der Waals surface area contributed by atoms with Crippen LogP contribution < -0.4 is 5.32 Å². The number of carbonyl (C=O) groups excluding carboxylic acids is 2. The Morgan fingerprint density at radius 2 is 1.59 bits per heavy atom. The summed E-state index contributed by atoms with van der Waals surface area (Å²) in [5.41, 5.74) is -1.14. The highest BCUT2D eigenvalue weighted by Crippen LogP contribution is 2.51. The minimum atomic E-state index is -0.947. The molecule has 0 radical (unpaired) electrons. The van der Waals surface area contributed by atoms with Crippen molar-refractivity contribution in [3.63, 3.8) is 0 Å². The molecule has 0 bridgehead atoms. The second-order valence-electron chi connectivity index (χ2n) is 7.82. The van der Waals surface area contributed by atoms with E-state index in [1.165, 1.54) is 0 Å². The summed E-state index contributed by atoms with van der Waals surface area (Å²) in [6.07, 6.45) is 0.0822. The third-order valence-electron chi connectivity index (χ3n) is 4.54. The van der Waals surface area contributed by atoms with Crippen molar-refractivity contribution < 1.29 is 19.4 Å². The summed E-state index contributed by atoms with van der Waals surface area (Å²) in [5.74, 6) is -0.721. The summed E-state index contributed by atoms with van der Waals surface area (Å²) in [5, 5.41) is 12.6. The van der Waals surface area contributed by atoms with Crippen molar-refractivity contribution in [2.24, 2.45) is 16.2 Å². The van der Waals surface area contributed by atoms with Crippen LogP contribution >= 0.6 is 0 Å². The molecule has 0 aromatic heterocycles. The zero-order valence-corrected chi connectivity index (χ0v) is 14.9. The van der Waals surface area contributed by atoms with Gasteiger partial charge in [-0.3, -0.25) is 4.79 Å². The van der Waals surface area contributed by atoms with Gasteiger partial charge in [0.1, 0.15) is 12.7 Å². The average Bonchev–Trinajstić information content (AvgIpc) is 2.38. The first-order valence-corrected chi connectivity index (χ1v) is 7.53. The van der Waals surface area contributed by atoms with Gasteiger partial charge < -0.3 is 15.2 Å². The lowest BCUT2D eigenvalue weighted by molar-refractivity contribution is -0.147. The smallest absolute Gasteiger partial charge is 0.330 e. The quantitative estimate of drug-likeness (QED) is 0.583. The summed E-state index contributed by atoms with van der Waals surface area (Å²) in [7, 11) is 0. The van der Waals surface area contributed by atoms with Crippen molar-refractivity contribution in [1.29, 1.82) is 0 Å². The zero-order valence-electron chi connectivity index (χ0n) is 14.9. The minimum Gasteiger partial charge on any atom is -0.460 e. The molecule has 22 heavy (non-hydrogen) atoms. The maximum Gasteiger partial charge on any atom is 0.330 e. The van der Waals surface area contributed by atoms with Crippen molar-refractivity contribution in [3.05, 3.63) is 12.7 Å². The summed E-state index contributed by atoms with van der Waals surface area (Å²) < 4.78 is 4.75. The van der Waals surface area contributed by atoms with Crippen LogP contribution in [0.2, 0.25) is 0 Å². The second kappa shape index (κ2) is 7.27. The molecule has 128 valence electrons. The number of hydrogen-bond donors (Lipinski definition) is 2. The van der Waals surface area contributed by atoms with Gasteiger partial charge in [0.15, 0.2) is 0 Å². The van der Waals surface area contributed by atoms with Crippen molar-refractivity contribution in [3.8, 4) is 0 Å². The van der Waals surface area contributed by atoms with Gasteiger partial charge in [0.25, 0.3) is 0 Å². The molecule has 0 aromatic carbocycles. The topological polar surface area (TPSA) is 75.6 Å². The van der Waals surface area contributed by atoms with Gasteiger partial charge in [-0.15, -0.1) is 0 Å². The van der Waals surface area contributed by atoms with E-state index in [9.17, 15) is 14.7 Å². The van der Waals surface area contributed by atoms with Gasteiger partial charge in [-0.2, -0.15) is 0 Å². The van der Waals surface area contributed by atoms with Crippen molar-refractivity contribution in [2.75, 3.05) is 13.2 Å². The van der Waals surface area contributed by atoms with Crippen LogP contribution in [0.4, 0.5) is 0 Å². The third kappa shape index (κ3) is 4.83. The van der Waals surface area contributed by atoms with Crippen LogP contribution in [0.3, 0.4) is 0 Å². The maximum absolute atomic E-state index is 12.7. The highest BCUT2D eigenvalue weighted by Gasteiger charge is 2.52. The largest absolute Gasteiger partial charge is 0.460 e. The first kappa shape index (κ1) is 20.6. The lowest BCUT2D eigenvalue weighted by Gasteiger charge is -2.49. The van der Waals surface area contributed by atoms with Crippen LogP contribution in [0.25, 0.3) is 0 Å². The number of esters is 1. The maximum atomic E-state index is 12.7. The van der Waals surface area contributed by atoms with Gasteiger partial charge in [0.2, 0.25) is 5.91 Å². The monoisotopic (exact) mass is 313 g/mol. The molecular weight excluding hydrogens is 282 g/mol. The number of aliphatic hydroxyl groups is 1. The van der Waals surface area contributed by atoms with Crippen molar-refractivity contribution >= 4 is 11.9 Å². The highest BCUT2D eigenvalue weighted by molar-refractivity contribution is 5.84. The van der Waals surface area contributed by atoms with Gasteiger partial charge >= 0.3 is 5.97 Å². The van der Waals surface area contributed by atoms with Gasteiger partial charge in [-0.25, -0.2) is 4.79 Å². The fourth-order valence-electron chi connectivity index (χ4n) is 2.49. The van der Waals surface area contributed by atoms with Gasteiger partial charge in [0.05, 0.1) is 5.41 Å². The molecule has 5 heteroatoms. The Bertz CT molecular complexity index is 401. The fourth-order valence-corrected chi connectivity index (χ4v) is 2.49. The Morgan fingerprint density at radius 3 is 1.95 bits per heavy atom. The molecule has 0 aromatic rings. The normalized spacial score (nSPS) is 14.2. The predicted octanol–water partition coefficient (Wildman–Crippen LogP) is 2.29. The van der Waals surface area contributed by atoms with E-state index in [2.05, 4.69) is 11.9 Å². The number of aliphatic hydroxyl groups excluding tert-OH is 1. The van der Waals surface area contributed by atoms with Crippen molar-refractivity contribution in [1.82, 2.24) is 5.32 Å². The molecule has 0 rings (SSSR count). The van der Waals surface area contributed by atoms with Crippen molar-refractivity contribution in [2.45, 2.75) is 54.6 Å². The summed E-state index contributed by atoms with van der Waals surface area (Å²) >= 11 is 0. The average molecular weight is 313 g/mol. The molecular formula is C17H31NO4. The van der Waals surface area contributed by atoms with Gasteiger partial charge in [0, 0.05) is 12.6 Å². The number of rotatable bonds is 6. The van der Waals surface area contributed by atoms with E-state index in [0.29, 0.717) is 0 Å². The van der Waals surface area contributed by atoms with Crippen LogP contribution in [-0.4, -0.2) is 36.2 Å². The van der Waals surface area contributed by atoms with Crippen LogP contribution in [0, 0.1) is 16.2 Å². The van der Waals surface area contributed by atoms with Crippen LogP contribution in [0.5, 0.6) is 0 Å². The molecule has 0 aliphatic carbocycles. The lowest BCUT2D eigenvalue weighted by Crippen LogP contribution is -2.55. The Balaban J connectivity index is 4.81. The molecule has 2 N–H and O–H groups in total. The lowest BCUT2D eigenvalue weighted by atomic mass is 9.54. The zero-order chi connectivity index (χ0) is 17.8. The number of nitrogens with one attached hydrogen (secondary N) is 1. The molecule has 0 aliphatic rings. The number of carbonyl (C=O) groups is 2. The standard InChI is InChI=1S/C17H31NO4/c1-9-13(20)22-11-12(19)10-18-14(21)17(8,15(2,3)4)16(5,6)7/h9,12,19H,1,10-11H2,2-8H3,(H,18,21). The van der Waals surface area contributed by atoms with Gasteiger partial charge in [-0.1, -0.05) is 48.1 Å². The Morgan fingerprint density at radius 1 is 1.14 bits per heavy atom. The van der Waals surface area contributed by atoms with E-state index < -0.39 is 17.5 Å². The van der Waals surface area contributed by atoms with Crippen LogP contribution in [-0.2, 0) is 14.3 Å². The van der Waals surface area contributed by atoms with E-state index >= 15 is 0 Å². The first-order valence-electron chi connectivity index (χ1n) is 7.53. The molecule has 1 unspecified atom stereocenters. The van der Waals surface area contributed by atoms with Crippen LogP contribution in [0.1, 0.15) is 48.5 Å². The molecule has 0 saturated carbocycles. The molecule has 0 heterocycles. The molecule has 0 saturated heterocycles. The van der Waals surface area contributed by atoms with E-state index in [1.54, 1.807) is 0 Å². The van der Waals surface area contributed by atoms with Gasteiger partial charge in [-0.05, 0) is 17.8 Å². The third-order valence-corrected chi connectivity index (χ3v) is 4.54. The second-order valence-corrected chi connectivity index (χ2v) is 7.82. The SMILES string of the molecule is C=CC(=O)OCC(O)CNC(=O)C(C)(C(C)(C)C)C(C)(C)C. The molecule has 5 nitrogen and oxygen atoms in total. The highest BCUT2D eigenvalue weighted by atomic mass is 16.5. The summed E-state index contributed by atoms with van der Waals surface area (Å²) in [6, 6.07) is 0. The summed E-state index contributed by atoms with van der Waals surface area (Å²) in [6.45, 7) is 17.2. The number of hydrogen-bond acceptors (Lipinski definition) is 4. The minimum absolute atomic E-state index is 0.0327. The van der Waals surface area contributed by atoms with E-state index in [-0.39, 0.29) is 29.9 Å². The Kier molecular flexibility index (Phi) is 6.82. The predicted molar refractivity (Wildman–Crippen MR) is 87.2 cm³/mol. The fraction of sp³-hybridized carbons (Fsp3) is 0.765. The summed E-state index contributed by atoms with van der Waals surface area (Å²) in [4.78, 5) is 23.6. The Hall–Kier alpha value is -1.36. The van der Waals surface area contributed by atoms with E-state index in [4.69, 9.17) is 4.74 Å². The molecule has 1 atom stereocenters. The van der Waals surface area contributed by atoms with E-state index in [0.717, 1.165) is 6.08 Å². The molecule has 1 amide bonds.